The number of aliphatic imine (C=N–C) groups is 1. The van der Waals surface area contributed by atoms with E-state index in [2.05, 4.69) is 29.4 Å². The predicted molar refractivity (Wildman–Crippen MR) is 98.3 cm³/mol. The van der Waals surface area contributed by atoms with Gasteiger partial charge in [-0.05, 0) is 61.6 Å². The maximum atomic E-state index is 5.96. The van der Waals surface area contributed by atoms with Crippen LogP contribution in [-0.4, -0.2) is 18.0 Å². The number of nitrogens with two attached hydrogens (primary N) is 1. The zero-order valence-corrected chi connectivity index (χ0v) is 14.7. The quantitative estimate of drug-likeness (QED) is 0.776. The third kappa shape index (κ3) is 6.58. The Balaban J connectivity index is 0.00000116. The number of nitrogens with zero attached hydrogens (tertiary/aromatic N) is 1. The van der Waals surface area contributed by atoms with Crippen LogP contribution < -0.4 is 5.73 Å². The first-order chi connectivity index (χ1) is 10.8. The van der Waals surface area contributed by atoms with Gasteiger partial charge in [-0.15, -0.1) is 11.3 Å². The van der Waals surface area contributed by atoms with Crippen molar-refractivity contribution in [2.24, 2.45) is 10.7 Å². The maximum Gasteiger partial charge on any atom is 0.149 e. The summed E-state index contributed by atoms with van der Waals surface area (Å²) in [6.45, 7) is 6.16. The van der Waals surface area contributed by atoms with Gasteiger partial charge in [0.2, 0.25) is 0 Å². The van der Waals surface area contributed by atoms with Gasteiger partial charge in [0.25, 0.3) is 0 Å². The maximum absolute atomic E-state index is 5.96. The molecule has 2 N–H and O–H groups in total. The van der Waals surface area contributed by atoms with Crippen molar-refractivity contribution in [1.29, 1.82) is 0 Å². The summed E-state index contributed by atoms with van der Waals surface area (Å²) < 4.78 is 5.96. The summed E-state index contributed by atoms with van der Waals surface area (Å²) >= 11 is 1.70. The molecule has 122 valence electrons. The molecule has 0 radical (unpaired) electrons. The van der Waals surface area contributed by atoms with E-state index in [-0.39, 0.29) is 6.23 Å². The van der Waals surface area contributed by atoms with E-state index in [0.29, 0.717) is 6.10 Å². The highest BCUT2D eigenvalue weighted by atomic mass is 32.1. The molecule has 1 fully saturated rings. The van der Waals surface area contributed by atoms with E-state index < -0.39 is 0 Å². The number of thiophene rings is 1. The fourth-order valence-corrected chi connectivity index (χ4v) is 2.85. The van der Waals surface area contributed by atoms with E-state index >= 15 is 0 Å². The normalized spacial score (nSPS) is 22.8. The van der Waals surface area contributed by atoms with E-state index in [0.717, 1.165) is 25.0 Å². The highest BCUT2D eigenvalue weighted by Gasteiger charge is 2.20. The number of allylic oxidation sites excluding steroid dienone is 2. The Bertz CT molecular complexity index is 477. The van der Waals surface area contributed by atoms with Gasteiger partial charge in [0.1, 0.15) is 6.23 Å². The van der Waals surface area contributed by atoms with E-state index in [4.69, 9.17) is 10.5 Å². The van der Waals surface area contributed by atoms with Crippen LogP contribution in [0.25, 0.3) is 6.08 Å². The number of ether oxygens (including phenoxy) is 1. The molecule has 4 heteroatoms. The van der Waals surface area contributed by atoms with Crippen molar-refractivity contribution < 1.29 is 4.74 Å². The summed E-state index contributed by atoms with van der Waals surface area (Å²) in [5.74, 6) is 0. The molecule has 2 rings (SSSR count). The molecule has 2 heterocycles. The third-order valence-corrected chi connectivity index (χ3v) is 4.14. The summed E-state index contributed by atoms with van der Waals surface area (Å²) in [5.41, 5.74) is 6.37. The molecule has 0 spiro atoms. The fraction of sp³-hybridized carbons (Fsp3) is 0.500. The zero-order chi connectivity index (χ0) is 16.2. The Morgan fingerprint density at radius 1 is 1.41 bits per heavy atom. The smallest absolute Gasteiger partial charge is 0.149 e. The molecule has 1 saturated heterocycles. The van der Waals surface area contributed by atoms with Gasteiger partial charge in [-0.1, -0.05) is 26.8 Å². The molecule has 3 nitrogen and oxygen atoms in total. The molecule has 0 aromatic carbocycles. The topological polar surface area (TPSA) is 47.6 Å². The van der Waals surface area contributed by atoms with Gasteiger partial charge < -0.3 is 10.5 Å². The lowest BCUT2D eigenvalue weighted by Gasteiger charge is -2.27. The Morgan fingerprint density at radius 3 is 2.86 bits per heavy atom. The molecule has 1 aliphatic heterocycles. The summed E-state index contributed by atoms with van der Waals surface area (Å²) in [5, 5.41) is 2.06. The second-order valence-electron chi connectivity index (χ2n) is 4.81. The van der Waals surface area contributed by atoms with Gasteiger partial charge in [0, 0.05) is 4.88 Å². The minimum atomic E-state index is -0.0344. The summed E-state index contributed by atoms with van der Waals surface area (Å²) in [4.78, 5) is 5.88. The van der Waals surface area contributed by atoms with E-state index in [1.807, 2.05) is 32.1 Å². The Kier molecular flexibility index (Phi) is 9.51. The van der Waals surface area contributed by atoms with Crippen LogP contribution in [0, 0.1) is 0 Å². The van der Waals surface area contributed by atoms with Crippen molar-refractivity contribution in [1.82, 2.24) is 0 Å². The van der Waals surface area contributed by atoms with Crippen molar-refractivity contribution in [3.63, 3.8) is 0 Å². The van der Waals surface area contributed by atoms with Crippen LogP contribution >= 0.6 is 11.3 Å². The molecule has 0 saturated carbocycles. The molecule has 0 aliphatic carbocycles. The zero-order valence-electron chi connectivity index (χ0n) is 13.9. The van der Waals surface area contributed by atoms with Crippen LogP contribution in [0.15, 0.2) is 40.9 Å². The Labute approximate surface area is 138 Å². The lowest BCUT2D eigenvalue weighted by molar-refractivity contribution is -0.0454. The Morgan fingerprint density at radius 2 is 2.23 bits per heavy atom. The fourth-order valence-electron chi connectivity index (χ4n) is 2.23. The molecule has 22 heavy (non-hydrogen) atoms. The summed E-state index contributed by atoms with van der Waals surface area (Å²) in [7, 11) is 0. The molecule has 1 aliphatic rings. The minimum Gasteiger partial charge on any atom is -0.405 e. The first kappa shape index (κ1) is 18.7. The lowest BCUT2D eigenvalue weighted by Crippen LogP contribution is -2.26. The van der Waals surface area contributed by atoms with Gasteiger partial charge in [0.05, 0.1) is 11.8 Å². The van der Waals surface area contributed by atoms with Gasteiger partial charge in [-0.3, -0.25) is 4.99 Å². The van der Waals surface area contributed by atoms with Gasteiger partial charge in [-0.2, -0.15) is 0 Å². The SMILES string of the molecule is CC.CCC1CCCC(/N=C(/C=C\N)\C=C\c2cccs2)O1. The van der Waals surface area contributed by atoms with Crippen LogP contribution in [0.2, 0.25) is 0 Å². The van der Waals surface area contributed by atoms with Crippen molar-refractivity contribution in [3.05, 3.63) is 40.7 Å². The first-order valence-corrected chi connectivity index (χ1v) is 9.03. The highest BCUT2D eigenvalue weighted by Crippen LogP contribution is 2.22. The van der Waals surface area contributed by atoms with Crippen LogP contribution in [0.5, 0.6) is 0 Å². The van der Waals surface area contributed by atoms with Crippen molar-refractivity contribution >= 4 is 23.1 Å². The average molecular weight is 321 g/mol. The van der Waals surface area contributed by atoms with E-state index in [1.165, 1.54) is 17.5 Å². The average Bonchev–Trinajstić information content (AvgIpc) is 3.08. The molecule has 1 aromatic rings. The van der Waals surface area contributed by atoms with Crippen molar-refractivity contribution in [3.8, 4) is 0 Å². The van der Waals surface area contributed by atoms with Crippen molar-refractivity contribution in [2.75, 3.05) is 0 Å². The molecule has 2 unspecified atom stereocenters. The molecular weight excluding hydrogens is 292 g/mol. The second-order valence-corrected chi connectivity index (χ2v) is 5.79. The predicted octanol–water partition coefficient (Wildman–Crippen LogP) is 5.01. The van der Waals surface area contributed by atoms with Crippen LogP contribution in [0.1, 0.15) is 51.3 Å². The van der Waals surface area contributed by atoms with Gasteiger partial charge >= 0.3 is 0 Å². The molecule has 1 aromatic heterocycles. The second kappa shape index (κ2) is 11.2. The van der Waals surface area contributed by atoms with E-state index in [9.17, 15) is 0 Å². The van der Waals surface area contributed by atoms with Crippen LogP contribution in [0.4, 0.5) is 0 Å². The molecule has 0 amide bonds. The first-order valence-electron chi connectivity index (χ1n) is 8.15. The van der Waals surface area contributed by atoms with Crippen LogP contribution in [-0.2, 0) is 4.74 Å². The molecular formula is C18H28N2OS. The third-order valence-electron chi connectivity index (χ3n) is 3.30. The number of rotatable bonds is 5. The number of hydrogen-bond acceptors (Lipinski definition) is 4. The van der Waals surface area contributed by atoms with Gasteiger partial charge in [0.15, 0.2) is 0 Å². The minimum absolute atomic E-state index is 0.0344. The highest BCUT2D eigenvalue weighted by molar-refractivity contribution is 7.10. The van der Waals surface area contributed by atoms with Gasteiger partial charge in [-0.25, -0.2) is 0 Å². The van der Waals surface area contributed by atoms with Crippen molar-refractivity contribution in [2.45, 2.75) is 58.8 Å². The lowest BCUT2D eigenvalue weighted by atomic mass is 10.1. The molecule has 0 bridgehead atoms. The van der Waals surface area contributed by atoms with E-state index in [1.54, 1.807) is 11.3 Å². The standard InChI is InChI=1S/C16H22N2OS.C2H6/c1-2-14-5-3-7-16(19-14)18-13(10-11-17)8-9-15-6-4-12-20-15;1-2/h4,6,8-12,14,16H,2-3,5,7,17H2,1H3;1-2H3/b9-8+,11-10-,18-13+;. The molecule has 2 atom stereocenters. The largest absolute Gasteiger partial charge is 0.405 e. The Hall–Kier alpha value is -1.39. The van der Waals surface area contributed by atoms with Crippen LogP contribution in [0.3, 0.4) is 0 Å². The summed E-state index contributed by atoms with van der Waals surface area (Å²) in [6, 6.07) is 4.12. The monoisotopic (exact) mass is 320 g/mol. The number of hydrogen-bond donors (Lipinski definition) is 1. The summed E-state index contributed by atoms with van der Waals surface area (Å²) in [6.07, 6.45) is 12.1.